The molecule has 3 nitrogen and oxygen atoms in total. The van der Waals surface area contributed by atoms with E-state index in [9.17, 15) is 40.8 Å². The predicted octanol–water partition coefficient (Wildman–Crippen LogP) is 3.94. The summed E-state index contributed by atoms with van der Waals surface area (Å²) in [5.74, 6) is -7.21. The lowest BCUT2D eigenvalue weighted by Crippen LogP contribution is -2.40. The minimum atomic E-state index is -6.17. The van der Waals surface area contributed by atoms with Crippen molar-refractivity contribution in [1.82, 2.24) is 0 Å². The molecule has 1 aromatic carbocycles. The van der Waals surface area contributed by atoms with Gasteiger partial charge >= 0.3 is 17.8 Å². The number of hydrogen-bond donors (Lipinski definition) is 0. The normalized spacial score (nSPS) is 14.3. The molecule has 1 unspecified atom stereocenters. The quantitative estimate of drug-likeness (QED) is 0.481. The van der Waals surface area contributed by atoms with Gasteiger partial charge in [-0.05, 0) is 11.6 Å². The average Bonchev–Trinajstić information content (AvgIpc) is 2.26. The van der Waals surface area contributed by atoms with Crippen LogP contribution in [0.3, 0.4) is 0 Å². The zero-order valence-electron chi connectivity index (χ0n) is 8.72. The molecule has 0 N–H and O–H groups in total. The molecule has 1 rings (SSSR count). The molecule has 10 heteroatoms. The van der Waals surface area contributed by atoms with Crippen LogP contribution in [-0.2, 0) is 0 Å². The van der Waals surface area contributed by atoms with E-state index in [1.165, 1.54) is 0 Å². The van der Waals surface area contributed by atoms with E-state index in [0.29, 0.717) is 0 Å². The molecule has 0 saturated carbocycles. The van der Waals surface area contributed by atoms with Crippen LogP contribution in [-0.4, -0.2) is 17.0 Å². The van der Waals surface area contributed by atoms with Crippen molar-refractivity contribution in [2.24, 2.45) is 0 Å². The molecule has 0 radical (unpaired) electrons. The van der Waals surface area contributed by atoms with Crippen molar-refractivity contribution < 1.29 is 35.7 Å². The first-order chi connectivity index (χ1) is 8.48. The van der Waals surface area contributed by atoms with E-state index in [0.717, 1.165) is 0 Å². The Morgan fingerprint density at radius 1 is 1.16 bits per heavy atom. The first-order valence-electron chi connectivity index (χ1n) is 4.51. The van der Waals surface area contributed by atoms with Crippen molar-refractivity contribution in [3.05, 3.63) is 39.7 Å². The van der Waals surface area contributed by atoms with E-state index in [2.05, 4.69) is 0 Å². The number of rotatable bonds is 3. The van der Waals surface area contributed by atoms with E-state index in [1.807, 2.05) is 0 Å². The van der Waals surface area contributed by atoms with E-state index >= 15 is 0 Å². The number of nitro benzene ring substituents is 1. The molecule has 0 heterocycles. The minimum Gasteiger partial charge on any atom is -0.258 e. The second-order valence-electron chi connectivity index (χ2n) is 3.45. The van der Waals surface area contributed by atoms with Crippen LogP contribution in [0.5, 0.6) is 0 Å². The maximum atomic E-state index is 13.2. The summed E-state index contributed by atoms with van der Waals surface area (Å²) in [7, 11) is 0. The zero-order chi connectivity index (χ0) is 15.0. The van der Waals surface area contributed by atoms with Crippen molar-refractivity contribution in [2.45, 2.75) is 18.3 Å². The van der Waals surface area contributed by atoms with Gasteiger partial charge in [0.05, 0.1) is 4.92 Å². The number of halogens is 7. The zero-order valence-corrected chi connectivity index (χ0v) is 8.72. The number of alkyl halides is 6. The standard InChI is InChI=1S/C9H4F7NO2/c10-5-2-1-4(3-6(5)17(18)19)7(11)8(12,13)9(14,15)16/h1-3,7H. The Balaban J connectivity index is 3.25. The Morgan fingerprint density at radius 2 is 1.68 bits per heavy atom. The third-order valence-corrected chi connectivity index (χ3v) is 2.16. The van der Waals surface area contributed by atoms with Crippen LogP contribution in [0.2, 0.25) is 0 Å². The van der Waals surface area contributed by atoms with Crippen LogP contribution >= 0.6 is 0 Å². The van der Waals surface area contributed by atoms with Crippen LogP contribution in [0, 0.1) is 15.9 Å². The molecule has 0 aromatic heterocycles. The van der Waals surface area contributed by atoms with Gasteiger partial charge in [-0.25, -0.2) is 4.39 Å². The van der Waals surface area contributed by atoms with Gasteiger partial charge in [0.1, 0.15) is 0 Å². The molecule has 0 aliphatic rings. The summed E-state index contributed by atoms with van der Waals surface area (Å²) in [6.45, 7) is 0. The maximum absolute atomic E-state index is 13.2. The fourth-order valence-electron chi connectivity index (χ4n) is 1.18. The summed E-state index contributed by atoms with van der Waals surface area (Å²) in [4.78, 5) is 8.91. The van der Waals surface area contributed by atoms with Crippen molar-refractivity contribution >= 4 is 5.69 Å². The fourth-order valence-corrected chi connectivity index (χ4v) is 1.18. The summed E-state index contributed by atoms with van der Waals surface area (Å²) < 4.78 is 87.1. The Kier molecular flexibility index (Phi) is 3.73. The lowest BCUT2D eigenvalue weighted by Gasteiger charge is -2.23. The molecule has 1 aromatic rings. The molecule has 0 aliphatic heterocycles. The van der Waals surface area contributed by atoms with Gasteiger partial charge in [0, 0.05) is 6.07 Å². The largest absolute Gasteiger partial charge is 0.456 e. The predicted molar refractivity (Wildman–Crippen MR) is 47.9 cm³/mol. The van der Waals surface area contributed by atoms with Crippen molar-refractivity contribution in [3.63, 3.8) is 0 Å². The second kappa shape index (κ2) is 4.67. The first kappa shape index (κ1) is 15.2. The van der Waals surface area contributed by atoms with Gasteiger partial charge in [-0.1, -0.05) is 6.07 Å². The van der Waals surface area contributed by atoms with E-state index in [-0.39, 0.29) is 18.2 Å². The van der Waals surface area contributed by atoms with Crippen LogP contribution in [0.4, 0.5) is 36.4 Å². The molecule has 0 saturated heterocycles. The van der Waals surface area contributed by atoms with E-state index in [1.54, 1.807) is 0 Å². The van der Waals surface area contributed by atoms with Crippen LogP contribution in [0.15, 0.2) is 18.2 Å². The Bertz CT molecular complexity index is 500. The van der Waals surface area contributed by atoms with Crippen molar-refractivity contribution in [1.29, 1.82) is 0 Å². The molecular formula is C9H4F7NO2. The molecule has 19 heavy (non-hydrogen) atoms. The van der Waals surface area contributed by atoms with Crippen LogP contribution in [0.25, 0.3) is 0 Å². The minimum absolute atomic E-state index is 0.000347. The highest BCUT2D eigenvalue weighted by atomic mass is 19.4. The summed E-state index contributed by atoms with van der Waals surface area (Å²) >= 11 is 0. The summed E-state index contributed by atoms with van der Waals surface area (Å²) in [6, 6.07) is 0.527. The third kappa shape index (κ3) is 2.76. The molecule has 0 bridgehead atoms. The number of nitro groups is 1. The van der Waals surface area contributed by atoms with Crippen LogP contribution in [0.1, 0.15) is 11.7 Å². The van der Waals surface area contributed by atoms with Gasteiger partial charge in [-0.3, -0.25) is 10.1 Å². The van der Waals surface area contributed by atoms with Gasteiger partial charge in [0.15, 0.2) is 6.17 Å². The van der Waals surface area contributed by atoms with Gasteiger partial charge < -0.3 is 0 Å². The SMILES string of the molecule is O=[N+]([O-])c1cc(C(F)C(F)(F)C(F)(F)F)ccc1F. The highest BCUT2D eigenvalue weighted by Gasteiger charge is 2.63. The molecule has 0 fully saturated rings. The number of nitrogens with zero attached hydrogens (tertiary/aromatic N) is 1. The monoisotopic (exact) mass is 291 g/mol. The number of hydrogen-bond acceptors (Lipinski definition) is 2. The highest BCUT2D eigenvalue weighted by Crippen LogP contribution is 2.46. The molecule has 106 valence electrons. The van der Waals surface area contributed by atoms with Gasteiger partial charge in [0.25, 0.3) is 0 Å². The smallest absolute Gasteiger partial charge is 0.258 e. The van der Waals surface area contributed by atoms with Gasteiger partial charge in [-0.15, -0.1) is 0 Å². The summed E-state index contributed by atoms with van der Waals surface area (Å²) in [6.07, 6.45) is -10.0. The molecule has 1 atom stereocenters. The lowest BCUT2D eigenvalue weighted by molar-refractivity contribution is -0.387. The van der Waals surface area contributed by atoms with Gasteiger partial charge in [0.2, 0.25) is 5.82 Å². The van der Waals surface area contributed by atoms with E-state index < -0.39 is 40.3 Å². The topological polar surface area (TPSA) is 43.1 Å². The Labute approximate surface area is 100 Å². The van der Waals surface area contributed by atoms with Crippen LogP contribution < -0.4 is 0 Å². The summed E-state index contributed by atoms with van der Waals surface area (Å²) in [5, 5.41) is 10.3. The summed E-state index contributed by atoms with van der Waals surface area (Å²) in [5.41, 5.74) is -2.73. The maximum Gasteiger partial charge on any atom is 0.456 e. The molecule has 0 amide bonds. The Morgan fingerprint density at radius 3 is 2.11 bits per heavy atom. The highest BCUT2D eigenvalue weighted by molar-refractivity contribution is 5.37. The first-order valence-corrected chi connectivity index (χ1v) is 4.51. The van der Waals surface area contributed by atoms with Gasteiger partial charge in [-0.2, -0.15) is 26.3 Å². The second-order valence-corrected chi connectivity index (χ2v) is 3.45. The third-order valence-electron chi connectivity index (χ3n) is 2.16. The lowest BCUT2D eigenvalue weighted by atomic mass is 10.0. The van der Waals surface area contributed by atoms with Crippen molar-refractivity contribution in [2.75, 3.05) is 0 Å². The number of benzene rings is 1. The average molecular weight is 291 g/mol. The van der Waals surface area contributed by atoms with Crippen molar-refractivity contribution in [3.8, 4) is 0 Å². The Hall–Kier alpha value is -1.87. The van der Waals surface area contributed by atoms with E-state index in [4.69, 9.17) is 0 Å². The molecule has 0 aliphatic carbocycles. The molecular weight excluding hydrogens is 287 g/mol. The fraction of sp³-hybridized carbons (Fsp3) is 0.333. The molecule has 0 spiro atoms.